The van der Waals surface area contributed by atoms with E-state index >= 15 is 0 Å². The van der Waals surface area contributed by atoms with Crippen LogP contribution in [0.3, 0.4) is 0 Å². The molecule has 6 nitrogen and oxygen atoms in total. The van der Waals surface area contributed by atoms with Gasteiger partial charge in [0, 0.05) is 25.1 Å². The first-order valence-corrected chi connectivity index (χ1v) is 5.78. The summed E-state index contributed by atoms with van der Waals surface area (Å²) in [6, 6.07) is 4.31. The third kappa shape index (κ3) is 4.79. The van der Waals surface area contributed by atoms with Gasteiger partial charge < -0.3 is 21.0 Å². The molecule has 0 saturated carbocycles. The van der Waals surface area contributed by atoms with Gasteiger partial charge in [-0.2, -0.15) is 0 Å². The van der Waals surface area contributed by atoms with Gasteiger partial charge in [-0.25, -0.2) is 4.79 Å². The van der Waals surface area contributed by atoms with E-state index in [4.69, 9.17) is 10.8 Å². The maximum absolute atomic E-state index is 11.4. The molecule has 0 saturated heterocycles. The van der Waals surface area contributed by atoms with Crippen molar-refractivity contribution in [1.82, 2.24) is 5.32 Å². The van der Waals surface area contributed by atoms with Crippen LogP contribution in [0, 0.1) is 0 Å². The van der Waals surface area contributed by atoms with E-state index in [-0.39, 0.29) is 36.6 Å². The number of ketones is 1. The van der Waals surface area contributed by atoms with E-state index in [2.05, 4.69) is 5.32 Å². The van der Waals surface area contributed by atoms with E-state index < -0.39 is 5.97 Å². The third-order valence-electron chi connectivity index (χ3n) is 2.57. The first-order chi connectivity index (χ1) is 8.90. The molecule has 0 aliphatic carbocycles. The molecule has 0 heterocycles. The Morgan fingerprint density at radius 3 is 2.53 bits per heavy atom. The van der Waals surface area contributed by atoms with Crippen molar-refractivity contribution >= 4 is 23.3 Å². The lowest BCUT2D eigenvalue weighted by atomic mass is 10.1. The monoisotopic (exact) mass is 264 g/mol. The maximum atomic E-state index is 11.4. The second-order valence-electron chi connectivity index (χ2n) is 4.20. The van der Waals surface area contributed by atoms with E-state index in [1.54, 1.807) is 0 Å². The second-order valence-corrected chi connectivity index (χ2v) is 4.20. The normalized spacial score (nSPS) is 9.95. The molecule has 1 aromatic rings. The highest BCUT2D eigenvalue weighted by Gasteiger charge is 2.08. The highest BCUT2D eigenvalue weighted by Crippen LogP contribution is 2.14. The van der Waals surface area contributed by atoms with Crippen molar-refractivity contribution in [3.63, 3.8) is 0 Å². The summed E-state index contributed by atoms with van der Waals surface area (Å²) in [5, 5.41) is 11.5. The number of nitrogens with two attached hydrogens (primary N) is 1. The summed E-state index contributed by atoms with van der Waals surface area (Å²) in [6.45, 7) is 1.56. The SMILES string of the molecule is CC(=O)CCC(=O)NCc1cc(C(=O)O)ccc1N. The highest BCUT2D eigenvalue weighted by molar-refractivity contribution is 5.88. The molecule has 0 aliphatic heterocycles. The van der Waals surface area contributed by atoms with E-state index in [1.165, 1.54) is 25.1 Å². The van der Waals surface area contributed by atoms with Crippen LogP contribution in [0.15, 0.2) is 18.2 Å². The van der Waals surface area contributed by atoms with Gasteiger partial charge in [-0.05, 0) is 30.7 Å². The maximum Gasteiger partial charge on any atom is 0.335 e. The average molecular weight is 264 g/mol. The van der Waals surface area contributed by atoms with Crippen molar-refractivity contribution in [2.24, 2.45) is 0 Å². The van der Waals surface area contributed by atoms with Gasteiger partial charge in [0.25, 0.3) is 0 Å². The number of rotatable bonds is 6. The first kappa shape index (κ1) is 14.7. The number of anilines is 1. The van der Waals surface area contributed by atoms with Crippen LogP contribution in [0.2, 0.25) is 0 Å². The fourth-order valence-corrected chi connectivity index (χ4v) is 1.46. The van der Waals surface area contributed by atoms with Crippen molar-refractivity contribution in [2.45, 2.75) is 26.3 Å². The Labute approximate surface area is 110 Å². The van der Waals surface area contributed by atoms with Gasteiger partial charge in [-0.15, -0.1) is 0 Å². The standard InChI is InChI=1S/C13H16N2O4/c1-8(16)2-5-12(17)15-7-10-6-9(13(18)19)3-4-11(10)14/h3-4,6H,2,5,7,14H2,1H3,(H,15,17)(H,18,19). The molecule has 0 atom stereocenters. The van der Waals surface area contributed by atoms with E-state index in [0.717, 1.165) is 0 Å². The number of nitrogens with one attached hydrogen (secondary N) is 1. The fraction of sp³-hybridized carbons (Fsp3) is 0.308. The Bertz CT molecular complexity index is 511. The first-order valence-electron chi connectivity index (χ1n) is 5.78. The van der Waals surface area contributed by atoms with E-state index in [0.29, 0.717) is 11.3 Å². The van der Waals surface area contributed by atoms with Crippen molar-refractivity contribution in [1.29, 1.82) is 0 Å². The molecular formula is C13H16N2O4. The Hall–Kier alpha value is -2.37. The van der Waals surface area contributed by atoms with Crippen molar-refractivity contribution in [3.05, 3.63) is 29.3 Å². The lowest BCUT2D eigenvalue weighted by Crippen LogP contribution is -2.23. The molecule has 0 radical (unpaired) electrons. The summed E-state index contributed by atoms with van der Waals surface area (Å²) >= 11 is 0. The number of carbonyl (C=O) groups is 3. The summed E-state index contributed by atoms with van der Waals surface area (Å²) in [5.74, 6) is -1.37. The smallest absolute Gasteiger partial charge is 0.335 e. The summed E-state index contributed by atoms with van der Waals surface area (Å²) in [7, 11) is 0. The molecule has 0 unspecified atom stereocenters. The minimum Gasteiger partial charge on any atom is -0.478 e. The molecule has 1 rings (SSSR count). The summed E-state index contributed by atoms with van der Waals surface area (Å²) < 4.78 is 0. The van der Waals surface area contributed by atoms with Crippen LogP contribution in [-0.4, -0.2) is 22.8 Å². The van der Waals surface area contributed by atoms with Crippen molar-refractivity contribution in [2.75, 3.05) is 5.73 Å². The lowest BCUT2D eigenvalue weighted by molar-refractivity contribution is -0.124. The predicted molar refractivity (Wildman–Crippen MR) is 69.6 cm³/mol. The van der Waals surface area contributed by atoms with Gasteiger partial charge in [-0.3, -0.25) is 4.79 Å². The zero-order valence-corrected chi connectivity index (χ0v) is 10.6. The Morgan fingerprint density at radius 1 is 1.26 bits per heavy atom. The van der Waals surface area contributed by atoms with Gasteiger partial charge in [0.15, 0.2) is 0 Å². The number of Topliss-reactive ketones (excluding diaryl/α,β-unsaturated/α-hetero) is 1. The summed E-state index contributed by atoms with van der Waals surface area (Å²) in [4.78, 5) is 33.0. The van der Waals surface area contributed by atoms with Crippen molar-refractivity contribution < 1.29 is 19.5 Å². The lowest BCUT2D eigenvalue weighted by Gasteiger charge is -2.08. The number of hydrogen-bond acceptors (Lipinski definition) is 4. The topological polar surface area (TPSA) is 109 Å². The van der Waals surface area contributed by atoms with Gasteiger partial charge in [-0.1, -0.05) is 0 Å². The zero-order chi connectivity index (χ0) is 14.4. The molecule has 102 valence electrons. The largest absolute Gasteiger partial charge is 0.478 e. The zero-order valence-electron chi connectivity index (χ0n) is 10.6. The average Bonchev–Trinajstić information content (AvgIpc) is 2.35. The Balaban J connectivity index is 2.62. The van der Waals surface area contributed by atoms with Crippen LogP contribution < -0.4 is 11.1 Å². The van der Waals surface area contributed by atoms with Crippen LogP contribution in [0.5, 0.6) is 0 Å². The number of carboxylic acids is 1. The number of nitrogen functional groups attached to an aromatic ring is 1. The van der Waals surface area contributed by atoms with Crippen molar-refractivity contribution in [3.8, 4) is 0 Å². The number of benzene rings is 1. The highest BCUT2D eigenvalue weighted by atomic mass is 16.4. The van der Waals surface area contributed by atoms with E-state index in [1.807, 2.05) is 0 Å². The molecule has 6 heteroatoms. The number of amides is 1. The van der Waals surface area contributed by atoms with Crippen LogP contribution in [0.1, 0.15) is 35.7 Å². The Morgan fingerprint density at radius 2 is 1.95 bits per heavy atom. The second kappa shape index (κ2) is 6.53. The van der Waals surface area contributed by atoms with Crippen LogP contribution in [0.4, 0.5) is 5.69 Å². The van der Waals surface area contributed by atoms with Crippen LogP contribution in [0.25, 0.3) is 0 Å². The summed E-state index contributed by atoms with van der Waals surface area (Å²) in [5.41, 5.74) is 6.76. The fourth-order valence-electron chi connectivity index (χ4n) is 1.46. The number of carboxylic acid groups (broad SMARTS) is 1. The molecule has 1 amide bonds. The van der Waals surface area contributed by atoms with Crippen LogP contribution in [-0.2, 0) is 16.1 Å². The molecule has 19 heavy (non-hydrogen) atoms. The Kier molecular flexibility index (Phi) is 5.05. The predicted octanol–water partition coefficient (Wildman–Crippen LogP) is 0.952. The molecule has 0 fully saturated rings. The summed E-state index contributed by atoms with van der Waals surface area (Å²) in [6.07, 6.45) is 0.310. The third-order valence-corrected chi connectivity index (χ3v) is 2.57. The van der Waals surface area contributed by atoms with Gasteiger partial charge in [0.2, 0.25) is 5.91 Å². The molecule has 0 aliphatic rings. The van der Waals surface area contributed by atoms with Gasteiger partial charge in [0.1, 0.15) is 5.78 Å². The van der Waals surface area contributed by atoms with Gasteiger partial charge in [0.05, 0.1) is 5.56 Å². The number of hydrogen-bond donors (Lipinski definition) is 3. The number of carbonyl (C=O) groups excluding carboxylic acids is 2. The minimum atomic E-state index is -1.05. The quantitative estimate of drug-likeness (QED) is 0.663. The molecule has 0 aromatic heterocycles. The number of aromatic carboxylic acids is 1. The molecule has 0 bridgehead atoms. The molecular weight excluding hydrogens is 248 g/mol. The molecule has 0 spiro atoms. The molecule has 1 aromatic carbocycles. The minimum absolute atomic E-state index is 0.0532. The van der Waals surface area contributed by atoms with E-state index in [9.17, 15) is 14.4 Å². The van der Waals surface area contributed by atoms with Gasteiger partial charge >= 0.3 is 5.97 Å². The van der Waals surface area contributed by atoms with Crippen LogP contribution >= 0.6 is 0 Å². The molecule has 4 N–H and O–H groups in total.